The van der Waals surface area contributed by atoms with Gasteiger partial charge in [-0.05, 0) is 69.1 Å². The molecule has 1 aliphatic rings. The molecule has 0 bridgehead atoms. The topological polar surface area (TPSA) is 66.0 Å². The molecule has 1 aliphatic heterocycles. The summed E-state index contributed by atoms with van der Waals surface area (Å²) in [5.74, 6) is -0.169. The van der Waals surface area contributed by atoms with Gasteiger partial charge in [0.05, 0.1) is 23.8 Å². The molecule has 3 heterocycles. The molecule has 1 unspecified atom stereocenters. The van der Waals surface area contributed by atoms with E-state index in [-0.39, 0.29) is 24.3 Å². The molecule has 1 N–H and O–H groups in total. The number of hydrogen-bond acceptors (Lipinski definition) is 3. The van der Waals surface area contributed by atoms with Crippen LogP contribution in [0, 0.1) is 31.0 Å². The van der Waals surface area contributed by atoms with Gasteiger partial charge in [0.15, 0.2) is 0 Å². The van der Waals surface area contributed by atoms with Crippen molar-refractivity contribution in [1.29, 1.82) is 5.26 Å². The first-order valence-corrected chi connectivity index (χ1v) is 10.4. The van der Waals surface area contributed by atoms with E-state index in [2.05, 4.69) is 26.9 Å². The maximum absolute atomic E-state index is 13.9. The Balaban J connectivity index is 1.62. The summed E-state index contributed by atoms with van der Waals surface area (Å²) in [5, 5.41) is 12.7. The summed E-state index contributed by atoms with van der Waals surface area (Å²) in [5.41, 5.74) is 3.72. The largest absolute Gasteiger partial charge is 0.353 e. The molecule has 7 heteroatoms. The smallest absolute Gasteiger partial charge is 0.239 e. The average molecular weight is 420 g/mol. The summed E-state index contributed by atoms with van der Waals surface area (Å²) in [7, 11) is 2.02. The van der Waals surface area contributed by atoms with Crippen LogP contribution in [0.2, 0.25) is 0 Å². The number of carbonyl (C=O) groups is 1. The fraction of sp³-hybridized carbons (Fsp3) is 0.333. The third-order valence-corrected chi connectivity index (χ3v) is 6.19. The van der Waals surface area contributed by atoms with Gasteiger partial charge in [-0.1, -0.05) is 6.07 Å². The Bertz CT molecular complexity index is 1170. The van der Waals surface area contributed by atoms with Crippen molar-refractivity contribution >= 4 is 11.7 Å². The fourth-order valence-corrected chi connectivity index (χ4v) is 4.53. The quantitative estimate of drug-likeness (QED) is 0.673. The van der Waals surface area contributed by atoms with E-state index < -0.39 is 0 Å². The lowest BCUT2D eigenvalue weighted by Gasteiger charge is -2.24. The highest BCUT2D eigenvalue weighted by Gasteiger charge is 2.30. The number of likely N-dealkylation sites (tertiary alicyclic amines) is 1. The van der Waals surface area contributed by atoms with Crippen molar-refractivity contribution < 1.29 is 9.18 Å². The number of hydrogen-bond donors (Lipinski definition) is 1. The third-order valence-electron chi connectivity index (χ3n) is 6.19. The van der Waals surface area contributed by atoms with Gasteiger partial charge in [-0.25, -0.2) is 4.39 Å². The Kier molecular flexibility index (Phi) is 5.66. The van der Waals surface area contributed by atoms with E-state index in [1.54, 1.807) is 16.7 Å². The van der Waals surface area contributed by atoms with Gasteiger partial charge in [-0.15, -0.1) is 0 Å². The highest BCUT2D eigenvalue weighted by Crippen LogP contribution is 2.33. The minimum Gasteiger partial charge on any atom is -0.353 e. The maximum atomic E-state index is 13.9. The van der Waals surface area contributed by atoms with Crippen LogP contribution in [-0.4, -0.2) is 33.0 Å². The second-order valence-corrected chi connectivity index (χ2v) is 8.08. The Morgan fingerprint density at radius 1 is 1.29 bits per heavy atom. The second-order valence-electron chi connectivity index (χ2n) is 8.08. The number of nitriles is 1. The number of anilines is 1. The second kappa shape index (κ2) is 8.40. The Morgan fingerprint density at radius 2 is 2.10 bits per heavy atom. The monoisotopic (exact) mass is 419 g/mol. The molecule has 1 saturated heterocycles. The normalized spacial score (nSPS) is 16.4. The predicted molar refractivity (Wildman–Crippen MR) is 118 cm³/mol. The summed E-state index contributed by atoms with van der Waals surface area (Å²) in [6, 6.07) is 12.7. The molecule has 2 aromatic heterocycles. The van der Waals surface area contributed by atoms with Gasteiger partial charge in [-0.2, -0.15) is 5.26 Å². The number of halogens is 1. The standard InChI is InChI=1S/C24H26FN5O/c1-16-17(2)30(19-8-4-7-18(25)13-19)24(20(16)14-26)27-23(31)15-29-12-6-10-22(29)21-9-5-11-28(21)3/h4-5,7-9,11,13,22H,6,10,12,15H2,1-3H3,(H,27,31). The van der Waals surface area contributed by atoms with Gasteiger partial charge in [0, 0.05) is 24.6 Å². The number of aromatic nitrogens is 2. The lowest BCUT2D eigenvalue weighted by atomic mass is 10.1. The highest BCUT2D eigenvalue weighted by atomic mass is 19.1. The van der Waals surface area contributed by atoms with Crippen LogP contribution in [0.25, 0.3) is 5.69 Å². The van der Waals surface area contributed by atoms with Gasteiger partial charge in [0.2, 0.25) is 5.91 Å². The third kappa shape index (κ3) is 3.87. The molecule has 160 valence electrons. The summed E-state index contributed by atoms with van der Waals surface area (Å²) >= 11 is 0. The molecular formula is C24H26FN5O. The SMILES string of the molecule is Cc1c(C#N)c(NC(=O)CN2CCCC2c2cccn2C)n(-c2cccc(F)c2)c1C. The van der Waals surface area contributed by atoms with Crippen molar-refractivity contribution in [3.63, 3.8) is 0 Å². The molecule has 1 aromatic carbocycles. The first-order valence-electron chi connectivity index (χ1n) is 10.4. The Morgan fingerprint density at radius 3 is 2.77 bits per heavy atom. The summed E-state index contributed by atoms with van der Waals surface area (Å²) in [6.45, 7) is 4.78. The highest BCUT2D eigenvalue weighted by molar-refractivity contribution is 5.93. The van der Waals surface area contributed by atoms with Crippen molar-refractivity contribution in [3.8, 4) is 11.8 Å². The number of nitrogens with zero attached hydrogens (tertiary/aromatic N) is 4. The first-order chi connectivity index (χ1) is 14.9. The zero-order valence-electron chi connectivity index (χ0n) is 18.0. The van der Waals surface area contributed by atoms with Crippen molar-refractivity contribution in [3.05, 3.63) is 70.9 Å². The van der Waals surface area contributed by atoms with Crippen LogP contribution in [0.15, 0.2) is 42.6 Å². The minimum atomic E-state index is -0.374. The number of nitrogens with one attached hydrogen (secondary N) is 1. The number of amides is 1. The van der Waals surface area contributed by atoms with Crippen LogP contribution in [-0.2, 0) is 11.8 Å². The van der Waals surface area contributed by atoms with E-state index in [4.69, 9.17) is 0 Å². The predicted octanol–water partition coefficient (Wildman–Crippen LogP) is 4.22. The number of benzene rings is 1. The van der Waals surface area contributed by atoms with E-state index in [0.717, 1.165) is 30.6 Å². The number of carbonyl (C=O) groups excluding carboxylic acids is 1. The summed E-state index contributed by atoms with van der Waals surface area (Å²) < 4.78 is 17.7. The van der Waals surface area contributed by atoms with E-state index in [9.17, 15) is 14.4 Å². The van der Waals surface area contributed by atoms with Crippen molar-refractivity contribution in [2.75, 3.05) is 18.4 Å². The van der Waals surface area contributed by atoms with Crippen LogP contribution >= 0.6 is 0 Å². The molecule has 31 heavy (non-hydrogen) atoms. The number of aryl methyl sites for hydroxylation is 1. The van der Waals surface area contributed by atoms with E-state index in [0.29, 0.717) is 17.1 Å². The van der Waals surface area contributed by atoms with Gasteiger partial charge in [0.25, 0.3) is 0 Å². The minimum absolute atomic E-state index is 0.187. The number of rotatable bonds is 5. The zero-order valence-corrected chi connectivity index (χ0v) is 18.0. The van der Waals surface area contributed by atoms with Crippen LogP contribution in [0.4, 0.5) is 10.2 Å². The maximum Gasteiger partial charge on any atom is 0.239 e. The fourth-order valence-electron chi connectivity index (χ4n) is 4.53. The molecule has 0 radical (unpaired) electrons. The van der Waals surface area contributed by atoms with Crippen molar-refractivity contribution in [2.45, 2.75) is 32.7 Å². The van der Waals surface area contributed by atoms with E-state index in [1.807, 2.05) is 33.2 Å². The molecule has 6 nitrogen and oxygen atoms in total. The average Bonchev–Trinajstić information content (AvgIpc) is 3.41. The van der Waals surface area contributed by atoms with Gasteiger partial charge in [-0.3, -0.25) is 14.3 Å². The molecule has 0 spiro atoms. The van der Waals surface area contributed by atoms with Gasteiger partial charge in [0.1, 0.15) is 17.7 Å². The molecule has 4 rings (SSSR count). The van der Waals surface area contributed by atoms with Crippen LogP contribution in [0.1, 0.15) is 41.4 Å². The van der Waals surface area contributed by atoms with Crippen molar-refractivity contribution in [1.82, 2.24) is 14.0 Å². The van der Waals surface area contributed by atoms with Crippen LogP contribution in [0.3, 0.4) is 0 Å². The van der Waals surface area contributed by atoms with Gasteiger partial charge >= 0.3 is 0 Å². The molecule has 1 atom stereocenters. The molecule has 1 fully saturated rings. The molecule has 0 saturated carbocycles. The molecular weight excluding hydrogens is 393 g/mol. The lowest BCUT2D eigenvalue weighted by Crippen LogP contribution is -2.34. The zero-order chi connectivity index (χ0) is 22.1. The van der Waals surface area contributed by atoms with E-state index in [1.165, 1.54) is 17.8 Å². The summed E-state index contributed by atoms with van der Waals surface area (Å²) in [6.07, 6.45) is 4.06. The molecule has 3 aromatic rings. The summed E-state index contributed by atoms with van der Waals surface area (Å²) in [4.78, 5) is 15.2. The lowest BCUT2D eigenvalue weighted by molar-refractivity contribution is -0.117. The molecule has 1 amide bonds. The van der Waals surface area contributed by atoms with Crippen molar-refractivity contribution in [2.24, 2.45) is 7.05 Å². The first kappa shape index (κ1) is 20.9. The van der Waals surface area contributed by atoms with Gasteiger partial charge < -0.3 is 9.88 Å². The van der Waals surface area contributed by atoms with Crippen LogP contribution < -0.4 is 5.32 Å². The Labute approximate surface area is 181 Å². The van der Waals surface area contributed by atoms with E-state index >= 15 is 0 Å². The molecule has 0 aliphatic carbocycles. The van der Waals surface area contributed by atoms with Crippen LogP contribution in [0.5, 0.6) is 0 Å². The Hall–Kier alpha value is -3.37.